The first-order valence-electron chi connectivity index (χ1n) is 10.4. The molecule has 0 aliphatic carbocycles. The van der Waals surface area contributed by atoms with Crippen LogP contribution in [0, 0.1) is 5.82 Å². The zero-order valence-electron chi connectivity index (χ0n) is 17.2. The van der Waals surface area contributed by atoms with Crippen LogP contribution in [-0.2, 0) is 6.42 Å². The number of fused-ring (bicyclic) bond motifs is 1. The van der Waals surface area contributed by atoms with E-state index in [0.717, 1.165) is 45.5 Å². The molecule has 156 valence electrons. The minimum Gasteiger partial charge on any atom is -0.369 e. The predicted molar refractivity (Wildman–Crippen MR) is 125 cm³/mol. The van der Waals surface area contributed by atoms with Crippen LogP contribution in [-0.4, -0.2) is 26.5 Å². The van der Waals surface area contributed by atoms with Gasteiger partial charge in [0.2, 0.25) is 0 Å². The number of hydrogen-bond acceptors (Lipinski definition) is 5. The summed E-state index contributed by atoms with van der Waals surface area (Å²) >= 11 is 0. The molecule has 5 rings (SSSR count). The van der Waals surface area contributed by atoms with E-state index in [-0.39, 0.29) is 5.82 Å². The van der Waals surface area contributed by atoms with Crippen molar-refractivity contribution in [1.29, 1.82) is 0 Å². The molecule has 3 aromatic heterocycles. The molecule has 32 heavy (non-hydrogen) atoms. The number of pyridine rings is 2. The highest BCUT2D eigenvalue weighted by Crippen LogP contribution is 2.29. The second-order valence-corrected chi connectivity index (χ2v) is 7.38. The number of aromatic nitrogens is 4. The minimum atomic E-state index is -0.264. The third-order valence-electron chi connectivity index (χ3n) is 5.17. The molecular weight excluding hydrogens is 401 g/mol. The molecule has 5 nitrogen and oxygen atoms in total. The molecule has 0 unspecified atom stereocenters. The van der Waals surface area contributed by atoms with Crippen molar-refractivity contribution in [2.45, 2.75) is 6.42 Å². The van der Waals surface area contributed by atoms with Crippen LogP contribution < -0.4 is 5.32 Å². The minimum absolute atomic E-state index is 0.264. The maximum absolute atomic E-state index is 13.8. The fourth-order valence-corrected chi connectivity index (χ4v) is 3.59. The van der Waals surface area contributed by atoms with Crippen molar-refractivity contribution in [2.24, 2.45) is 0 Å². The molecule has 1 N–H and O–H groups in total. The first kappa shape index (κ1) is 19.8. The van der Waals surface area contributed by atoms with Gasteiger partial charge in [-0.1, -0.05) is 24.3 Å². The average Bonchev–Trinajstić information content (AvgIpc) is 2.85. The molecule has 0 saturated carbocycles. The molecule has 0 radical (unpaired) electrons. The number of nitrogens with one attached hydrogen (secondary N) is 1. The smallest absolute Gasteiger partial charge is 0.163 e. The van der Waals surface area contributed by atoms with Crippen molar-refractivity contribution in [3.05, 3.63) is 103 Å². The van der Waals surface area contributed by atoms with Crippen molar-refractivity contribution in [3.8, 4) is 22.5 Å². The van der Waals surface area contributed by atoms with Gasteiger partial charge in [-0.3, -0.25) is 9.97 Å². The Morgan fingerprint density at radius 2 is 1.69 bits per heavy atom. The largest absolute Gasteiger partial charge is 0.369 e. The number of rotatable bonds is 6. The zero-order valence-corrected chi connectivity index (χ0v) is 17.2. The van der Waals surface area contributed by atoms with Gasteiger partial charge in [-0.15, -0.1) is 0 Å². The molecule has 0 fully saturated rings. The van der Waals surface area contributed by atoms with Crippen LogP contribution in [0.15, 0.2) is 91.4 Å². The normalized spacial score (nSPS) is 10.9. The summed E-state index contributed by atoms with van der Waals surface area (Å²) in [7, 11) is 0. The SMILES string of the molecule is Fc1cccc(-c2ccc3nc(-c4cccnc4)nc(NCCc4ccccn4)c3c2)c1. The molecule has 0 bridgehead atoms. The molecule has 0 saturated heterocycles. The van der Waals surface area contributed by atoms with Crippen molar-refractivity contribution in [3.63, 3.8) is 0 Å². The van der Waals surface area contributed by atoms with E-state index in [4.69, 9.17) is 9.97 Å². The summed E-state index contributed by atoms with van der Waals surface area (Å²) in [6, 6.07) is 22.2. The third kappa shape index (κ3) is 4.30. The van der Waals surface area contributed by atoms with Crippen LogP contribution in [0.1, 0.15) is 5.69 Å². The van der Waals surface area contributed by atoms with Gasteiger partial charge in [0, 0.05) is 48.2 Å². The Labute approximate surface area is 185 Å². The zero-order chi connectivity index (χ0) is 21.8. The number of hydrogen-bond donors (Lipinski definition) is 1. The van der Waals surface area contributed by atoms with Gasteiger partial charge in [0.15, 0.2) is 5.82 Å². The van der Waals surface area contributed by atoms with Crippen LogP contribution in [0.5, 0.6) is 0 Å². The molecule has 0 aliphatic heterocycles. The number of anilines is 1. The summed E-state index contributed by atoms with van der Waals surface area (Å²) in [5, 5.41) is 4.33. The van der Waals surface area contributed by atoms with E-state index >= 15 is 0 Å². The van der Waals surface area contributed by atoms with Gasteiger partial charge in [0.1, 0.15) is 11.6 Å². The highest BCUT2D eigenvalue weighted by Gasteiger charge is 2.11. The lowest BCUT2D eigenvalue weighted by atomic mass is 10.0. The number of nitrogens with zero attached hydrogens (tertiary/aromatic N) is 4. The van der Waals surface area contributed by atoms with Gasteiger partial charge in [-0.05, 0) is 59.7 Å². The Morgan fingerprint density at radius 1 is 0.781 bits per heavy atom. The van der Waals surface area contributed by atoms with E-state index in [1.807, 2.05) is 54.6 Å². The van der Waals surface area contributed by atoms with Crippen molar-refractivity contribution < 1.29 is 4.39 Å². The second-order valence-electron chi connectivity index (χ2n) is 7.38. The van der Waals surface area contributed by atoms with E-state index in [0.29, 0.717) is 12.4 Å². The quantitative estimate of drug-likeness (QED) is 0.390. The fourth-order valence-electron chi connectivity index (χ4n) is 3.59. The van der Waals surface area contributed by atoms with Gasteiger partial charge in [0.05, 0.1) is 5.52 Å². The Kier molecular flexibility index (Phi) is 5.49. The van der Waals surface area contributed by atoms with E-state index in [9.17, 15) is 4.39 Å². The monoisotopic (exact) mass is 421 g/mol. The van der Waals surface area contributed by atoms with Crippen molar-refractivity contribution >= 4 is 16.7 Å². The van der Waals surface area contributed by atoms with E-state index in [1.165, 1.54) is 12.1 Å². The van der Waals surface area contributed by atoms with Crippen LogP contribution in [0.2, 0.25) is 0 Å². The molecule has 3 heterocycles. The predicted octanol–water partition coefficient (Wildman–Crippen LogP) is 5.55. The number of halogens is 1. The maximum Gasteiger partial charge on any atom is 0.163 e. The Hall–Kier alpha value is -4.19. The summed E-state index contributed by atoms with van der Waals surface area (Å²) in [4.78, 5) is 18.1. The molecule has 0 spiro atoms. The molecule has 2 aromatic carbocycles. The third-order valence-corrected chi connectivity index (χ3v) is 5.17. The molecule has 0 aliphatic rings. The Balaban J connectivity index is 1.55. The van der Waals surface area contributed by atoms with Gasteiger partial charge in [-0.25, -0.2) is 14.4 Å². The lowest BCUT2D eigenvalue weighted by Gasteiger charge is -2.12. The lowest BCUT2D eigenvalue weighted by Crippen LogP contribution is -2.09. The van der Waals surface area contributed by atoms with Crippen LogP contribution in [0.25, 0.3) is 33.4 Å². The number of benzene rings is 2. The van der Waals surface area contributed by atoms with Crippen molar-refractivity contribution in [1.82, 2.24) is 19.9 Å². The lowest BCUT2D eigenvalue weighted by molar-refractivity contribution is 0.628. The first-order valence-corrected chi connectivity index (χ1v) is 10.4. The average molecular weight is 421 g/mol. The highest BCUT2D eigenvalue weighted by atomic mass is 19.1. The van der Waals surface area contributed by atoms with Crippen LogP contribution in [0.4, 0.5) is 10.2 Å². The summed E-state index contributed by atoms with van der Waals surface area (Å²) in [5.41, 5.74) is 4.37. The Bertz CT molecular complexity index is 1360. The summed E-state index contributed by atoms with van der Waals surface area (Å²) in [6.07, 6.45) is 6.03. The van der Waals surface area contributed by atoms with Crippen LogP contribution in [0.3, 0.4) is 0 Å². The van der Waals surface area contributed by atoms with E-state index in [1.54, 1.807) is 24.7 Å². The fraction of sp³-hybridized carbons (Fsp3) is 0.0769. The summed E-state index contributed by atoms with van der Waals surface area (Å²) in [6.45, 7) is 0.666. The van der Waals surface area contributed by atoms with E-state index < -0.39 is 0 Å². The van der Waals surface area contributed by atoms with Gasteiger partial charge < -0.3 is 5.32 Å². The molecule has 6 heteroatoms. The topological polar surface area (TPSA) is 63.6 Å². The summed E-state index contributed by atoms with van der Waals surface area (Å²) < 4.78 is 13.8. The molecular formula is C26H20FN5. The van der Waals surface area contributed by atoms with Gasteiger partial charge in [-0.2, -0.15) is 0 Å². The van der Waals surface area contributed by atoms with E-state index in [2.05, 4.69) is 15.3 Å². The van der Waals surface area contributed by atoms with Gasteiger partial charge in [0.25, 0.3) is 0 Å². The standard InChI is InChI=1S/C26H20FN5/c27-21-7-3-5-18(15-21)19-9-10-24-23(16-19)26(30-14-11-22-8-1-2-13-29-22)32-25(31-24)20-6-4-12-28-17-20/h1-10,12-13,15-17H,11,14H2,(H,30,31,32). The van der Waals surface area contributed by atoms with Crippen molar-refractivity contribution in [2.75, 3.05) is 11.9 Å². The maximum atomic E-state index is 13.8. The molecule has 0 atom stereocenters. The first-order chi connectivity index (χ1) is 15.8. The van der Waals surface area contributed by atoms with Gasteiger partial charge >= 0.3 is 0 Å². The Morgan fingerprint density at radius 3 is 2.50 bits per heavy atom. The van der Waals surface area contributed by atoms with Crippen LogP contribution >= 0.6 is 0 Å². The second kappa shape index (κ2) is 8.89. The summed E-state index contributed by atoms with van der Waals surface area (Å²) in [5.74, 6) is 1.06. The molecule has 0 amide bonds. The highest BCUT2D eigenvalue weighted by molar-refractivity contribution is 5.94. The molecule has 5 aromatic rings.